The summed E-state index contributed by atoms with van der Waals surface area (Å²) < 4.78 is 0. The van der Waals surface area contributed by atoms with Crippen LogP contribution in [0, 0.1) is 27.7 Å². The molecule has 2 heterocycles. The fourth-order valence-corrected chi connectivity index (χ4v) is 5.99. The first-order chi connectivity index (χ1) is 20.1. The Morgan fingerprint density at radius 1 is 0.952 bits per heavy atom. The molecule has 1 aliphatic rings. The van der Waals surface area contributed by atoms with Gasteiger partial charge in [0, 0.05) is 48.8 Å². The minimum atomic E-state index is -1.12. The summed E-state index contributed by atoms with van der Waals surface area (Å²) in [7, 11) is 2.14. The van der Waals surface area contributed by atoms with Crippen molar-refractivity contribution in [1.29, 1.82) is 0 Å². The van der Waals surface area contributed by atoms with Gasteiger partial charge in [-0.2, -0.15) is 4.98 Å². The van der Waals surface area contributed by atoms with Crippen molar-refractivity contribution in [3.8, 4) is 0 Å². The number of benzene rings is 3. The molecule has 5 rings (SSSR count). The molecule has 218 valence electrons. The Kier molecular flexibility index (Phi) is 8.66. The molecule has 1 aliphatic heterocycles. The van der Waals surface area contributed by atoms with Gasteiger partial charge in [0.15, 0.2) is 0 Å². The summed E-state index contributed by atoms with van der Waals surface area (Å²) in [5.41, 5.74) is 7.70. The Morgan fingerprint density at radius 3 is 2.36 bits per heavy atom. The molecule has 1 amide bonds. The molecule has 2 N–H and O–H groups in total. The lowest BCUT2D eigenvalue weighted by Gasteiger charge is -2.34. The minimum absolute atomic E-state index is 0.263. The zero-order chi connectivity index (χ0) is 30.0. The maximum atomic E-state index is 13.1. The number of nitrogens with one attached hydrogen (secondary N) is 1. The highest BCUT2D eigenvalue weighted by atomic mass is 35.5. The average molecular weight is 585 g/mol. The fraction of sp³-hybridized carbons (Fsp3) is 0.303. The van der Waals surface area contributed by atoms with Gasteiger partial charge >= 0.3 is 6.09 Å². The van der Waals surface area contributed by atoms with Gasteiger partial charge in [0.05, 0.1) is 6.04 Å². The first-order valence-corrected chi connectivity index (χ1v) is 14.5. The molecule has 0 bridgehead atoms. The summed E-state index contributed by atoms with van der Waals surface area (Å²) in [5, 5.41) is 14.5. The molecule has 3 aromatic carbocycles. The van der Waals surface area contributed by atoms with Gasteiger partial charge in [0.25, 0.3) is 0 Å². The van der Waals surface area contributed by atoms with Crippen LogP contribution in [0.4, 0.5) is 27.9 Å². The molecule has 1 saturated heterocycles. The van der Waals surface area contributed by atoms with E-state index in [0.717, 1.165) is 70.9 Å². The topological polar surface area (TPSA) is 84.8 Å². The van der Waals surface area contributed by atoms with Crippen molar-refractivity contribution in [1.82, 2.24) is 14.9 Å². The van der Waals surface area contributed by atoms with Crippen LogP contribution in [-0.4, -0.2) is 59.3 Å². The zero-order valence-corrected chi connectivity index (χ0v) is 25.5. The number of rotatable bonds is 7. The van der Waals surface area contributed by atoms with E-state index in [1.165, 1.54) is 4.90 Å². The molecule has 42 heavy (non-hydrogen) atoms. The lowest BCUT2D eigenvalue weighted by atomic mass is 9.87. The quantitative estimate of drug-likeness (QED) is 0.239. The molecule has 0 spiro atoms. The Hall–Kier alpha value is -4.14. The van der Waals surface area contributed by atoms with E-state index in [4.69, 9.17) is 16.6 Å². The zero-order valence-electron chi connectivity index (χ0n) is 24.7. The van der Waals surface area contributed by atoms with Gasteiger partial charge in [-0.1, -0.05) is 41.4 Å². The maximum absolute atomic E-state index is 13.1. The third-order valence-electron chi connectivity index (χ3n) is 7.87. The number of amides is 1. The first kappa shape index (κ1) is 29.4. The monoisotopic (exact) mass is 584 g/mol. The highest BCUT2D eigenvalue weighted by molar-refractivity contribution is 6.30. The second-order valence-electron chi connectivity index (χ2n) is 11.1. The van der Waals surface area contributed by atoms with Crippen LogP contribution in [0.5, 0.6) is 0 Å². The number of hydrogen-bond acceptors (Lipinski definition) is 6. The molecule has 1 fully saturated rings. The lowest BCUT2D eigenvalue weighted by molar-refractivity contribution is 0.200. The predicted molar refractivity (Wildman–Crippen MR) is 171 cm³/mol. The van der Waals surface area contributed by atoms with E-state index in [9.17, 15) is 9.90 Å². The molecule has 4 aromatic rings. The molecular formula is C33H37ClN6O2. The minimum Gasteiger partial charge on any atom is -0.465 e. The van der Waals surface area contributed by atoms with E-state index in [1.807, 2.05) is 58.0 Å². The van der Waals surface area contributed by atoms with Crippen molar-refractivity contribution < 1.29 is 9.90 Å². The number of likely N-dealkylation sites (N-methyl/N-ethyl adjacent to an activating group) is 1. The highest BCUT2D eigenvalue weighted by Gasteiger charge is 2.33. The summed E-state index contributed by atoms with van der Waals surface area (Å²) in [4.78, 5) is 28.2. The van der Waals surface area contributed by atoms with E-state index in [2.05, 4.69) is 51.4 Å². The average Bonchev–Trinajstić information content (AvgIpc) is 2.94. The van der Waals surface area contributed by atoms with Crippen molar-refractivity contribution >= 4 is 40.8 Å². The fourth-order valence-electron chi connectivity index (χ4n) is 5.81. The second kappa shape index (κ2) is 12.4. The van der Waals surface area contributed by atoms with Crippen LogP contribution in [0.2, 0.25) is 5.02 Å². The van der Waals surface area contributed by atoms with Crippen molar-refractivity contribution in [2.75, 3.05) is 48.3 Å². The maximum Gasteiger partial charge on any atom is 0.413 e. The molecule has 0 radical (unpaired) electrons. The van der Waals surface area contributed by atoms with Crippen molar-refractivity contribution in [2.45, 2.75) is 33.7 Å². The lowest BCUT2D eigenvalue weighted by Crippen LogP contribution is -2.44. The smallest absolute Gasteiger partial charge is 0.413 e. The number of carboxylic acid groups (broad SMARTS) is 1. The summed E-state index contributed by atoms with van der Waals surface area (Å²) >= 11 is 6.47. The SMILES string of the molecule is Cc1cc(C)c(C(c2cc(Cl)ccc2C)N(C(=O)O)c2ccnc(Nc3cccc(N4CCN(C)CC4)c3)n2)c(C)c1. The van der Waals surface area contributed by atoms with Gasteiger partial charge < -0.3 is 20.2 Å². The van der Waals surface area contributed by atoms with E-state index in [1.54, 1.807) is 12.3 Å². The molecule has 1 atom stereocenters. The number of carbonyl (C=O) groups is 1. The third kappa shape index (κ3) is 6.35. The van der Waals surface area contributed by atoms with Gasteiger partial charge in [-0.25, -0.2) is 14.7 Å². The van der Waals surface area contributed by atoms with Gasteiger partial charge in [0.1, 0.15) is 5.82 Å². The molecule has 8 nitrogen and oxygen atoms in total. The number of halogens is 1. The summed E-state index contributed by atoms with van der Waals surface area (Å²) in [5.74, 6) is 0.576. The summed E-state index contributed by atoms with van der Waals surface area (Å²) in [6.07, 6.45) is 0.460. The van der Waals surface area contributed by atoms with Crippen LogP contribution >= 0.6 is 11.6 Å². The predicted octanol–water partition coefficient (Wildman–Crippen LogP) is 7.13. The van der Waals surface area contributed by atoms with E-state index in [-0.39, 0.29) is 5.82 Å². The van der Waals surface area contributed by atoms with E-state index in [0.29, 0.717) is 11.0 Å². The number of anilines is 4. The van der Waals surface area contributed by atoms with E-state index < -0.39 is 12.1 Å². The van der Waals surface area contributed by atoms with Gasteiger partial charge in [-0.15, -0.1) is 0 Å². The van der Waals surface area contributed by atoms with Gasteiger partial charge in [-0.05, 0) is 99.0 Å². The Morgan fingerprint density at radius 2 is 1.67 bits per heavy atom. The van der Waals surface area contributed by atoms with Crippen LogP contribution in [-0.2, 0) is 0 Å². The van der Waals surface area contributed by atoms with Crippen LogP contribution in [0.15, 0.2) is 66.9 Å². The number of nitrogens with zero attached hydrogens (tertiary/aromatic N) is 5. The Bertz CT molecular complexity index is 1580. The molecular weight excluding hydrogens is 548 g/mol. The second-order valence-corrected chi connectivity index (χ2v) is 11.5. The third-order valence-corrected chi connectivity index (χ3v) is 8.11. The number of hydrogen-bond donors (Lipinski definition) is 2. The van der Waals surface area contributed by atoms with Gasteiger partial charge in [-0.3, -0.25) is 0 Å². The number of aryl methyl sites for hydroxylation is 4. The van der Waals surface area contributed by atoms with Crippen LogP contribution in [0.1, 0.15) is 39.4 Å². The van der Waals surface area contributed by atoms with Crippen LogP contribution in [0.25, 0.3) is 0 Å². The summed E-state index contributed by atoms with van der Waals surface area (Å²) in [6.45, 7) is 12.0. The highest BCUT2D eigenvalue weighted by Crippen LogP contribution is 2.39. The normalized spacial score (nSPS) is 14.5. The van der Waals surface area contributed by atoms with Crippen LogP contribution < -0.4 is 15.1 Å². The van der Waals surface area contributed by atoms with Crippen molar-refractivity contribution in [3.63, 3.8) is 0 Å². The van der Waals surface area contributed by atoms with Crippen LogP contribution in [0.3, 0.4) is 0 Å². The van der Waals surface area contributed by atoms with Crippen molar-refractivity contribution in [3.05, 3.63) is 105 Å². The first-order valence-electron chi connectivity index (χ1n) is 14.1. The molecule has 0 saturated carbocycles. The number of aromatic nitrogens is 2. The Balaban J connectivity index is 1.54. The summed E-state index contributed by atoms with van der Waals surface area (Å²) in [6, 6.07) is 18.8. The molecule has 9 heteroatoms. The number of piperazine rings is 1. The van der Waals surface area contributed by atoms with E-state index >= 15 is 0 Å². The molecule has 0 aliphatic carbocycles. The van der Waals surface area contributed by atoms with Crippen molar-refractivity contribution in [2.24, 2.45) is 0 Å². The standard InChI is InChI=1S/C33H37ClN6O2/c1-21-17-23(3)30(24(4)18-21)31(28-19-25(34)10-9-22(28)2)40(33(41)42)29-11-12-35-32(37-29)36-26-7-6-8-27(20-26)39-15-13-38(5)14-16-39/h6-12,17-20,31H,13-16H2,1-5H3,(H,41,42)(H,35,36,37). The molecule has 1 aromatic heterocycles. The van der Waals surface area contributed by atoms with Gasteiger partial charge in [0.2, 0.25) is 5.95 Å². The largest absolute Gasteiger partial charge is 0.465 e. The Labute approximate surface area is 252 Å². The molecule has 1 unspecified atom stereocenters.